The topological polar surface area (TPSA) is 102 Å². The van der Waals surface area contributed by atoms with E-state index in [2.05, 4.69) is 37.6 Å². The van der Waals surface area contributed by atoms with Crippen molar-refractivity contribution in [2.75, 3.05) is 12.3 Å². The van der Waals surface area contributed by atoms with Crippen LogP contribution in [0.4, 0.5) is 5.69 Å². The molecule has 1 aliphatic heterocycles. The molecule has 4 rings (SSSR count). The smallest absolute Gasteiger partial charge is 0.264 e. The summed E-state index contributed by atoms with van der Waals surface area (Å²) in [6, 6.07) is 14.5. The fraction of sp³-hybridized carbons (Fsp3) is 0.367. The monoisotopic (exact) mass is 535 g/mol. The van der Waals surface area contributed by atoms with Crippen molar-refractivity contribution < 1.29 is 17.9 Å². The molecule has 8 heteroatoms. The number of hydrogen-bond donors (Lipinski definition) is 2. The van der Waals surface area contributed by atoms with Gasteiger partial charge in [-0.15, -0.1) is 0 Å². The van der Waals surface area contributed by atoms with E-state index in [1.165, 1.54) is 17.7 Å². The lowest BCUT2D eigenvalue weighted by atomic mass is 9.89. The minimum absolute atomic E-state index is 0.0396. The number of carbonyl (C=O) groups excluding carboxylic acids is 1. The Bertz CT molecular complexity index is 1480. The van der Waals surface area contributed by atoms with Gasteiger partial charge in [0.25, 0.3) is 15.9 Å². The molecule has 202 valence electrons. The first-order valence-electron chi connectivity index (χ1n) is 12.9. The van der Waals surface area contributed by atoms with E-state index in [1.807, 2.05) is 36.9 Å². The molecule has 3 aromatic carbocycles. The summed E-state index contributed by atoms with van der Waals surface area (Å²) in [6.07, 6.45) is 0.683. The fourth-order valence-electron chi connectivity index (χ4n) is 5.47. The molecule has 0 aromatic heterocycles. The van der Waals surface area contributed by atoms with Crippen LogP contribution in [0.5, 0.6) is 5.75 Å². The van der Waals surface area contributed by atoms with Crippen molar-refractivity contribution in [1.29, 1.82) is 0 Å². The lowest BCUT2D eigenvalue weighted by molar-refractivity contribution is -0.131. The van der Waals surface area contributed by atoms with Gasteiger partial charge in [-0.25, -0.2) is 13.1 Å². The van der Waals surface area contributed by atoms with E-state index < -0.39 is 21.5 Å². The molecule has 1 aliphatic rings. The average Bonchev–Trinajstić information content (AvgIpc) is 3.14. The zero-order chi connectivity index (χ0) is 27.8. The predicted molar refractivity (Wildman–Crippen MR) is 150 cm³/mol. The maximum absolute atomic E-state index is 14.0. The summed E-state index contributed by atoms with van der Waals surface area (Å²) in [5.41, 5.74) is 12.2. The van der Waals surface area contributed by atoms with Crippen LogP contribution in [0.15, 0.2) is 53.4 Å². The molecule has 0 radical (unpaired) electrons. The summed E-state index contributed by atoms with van der Waals surface area (Å²) >= 11 is 0. The second-order valence-corrected chi connectivity index (χ2v) is 11.9. The highest BCUT2D eigenvalue weighted by molar-refractivity contribution is 7.90. The van der Waals surface area contributed by atoms with Gasteiger partial charge in [0.1, 0.15) is 11.3 Å². The first-order valence-corrected chi connectivity index (χ1v) is 14.4. The predicted octanol–water partition coefficient (Wildman–Crippen LogP) is 4.89. The first-order chi connectivity index (χ1) is 17.9. The third-order valence-electron chi connectivity index (χ3n) is 7.61. The number of sulfonamides is 1. The molecule has 38 heavy (non-hydrogen) atoms. The standard InChI is InChI=1S/C30H37N3O4S/c1-7-22-12-13-23(16-27(22)31)38(35,36)32-29(34)30(6)26-10-9-11-28(37-8-2)25(26)18-33(30)17-24-20(4)14-19(3)15-21(24)5/h9-16H,7-8,17-18,31H2,1-6H3,(H,32,34). The maximum atomic E-state index is 14.0. The van der Waals surface area contributed by atoms with Gasteiger partial charge in [0.15, 0.2) is 0 Å². The number of nitrogens with one attached hydrogen (secondary N) is 1. The van der Waals surface area contributed by atoms with Crippen LogP contribution < -0.4 is 15.2 Å². The Hall–Kier alpha value is -3.36. The van der Waals surface area contributed by atoms with E-state index in [0.29, 0.717) is 37.6 Å². The maximum Gasteiger partial charge on any atom is 0.264 e. The minimum atomic E-state index is -4.16. The highest BCUT2D eigenvalue weighted by atomic mass is 32.2. The third-order valence-corrected chi connectivity index (χ3v) is 8.93. The Morgan fingerprint density at radius 2 is 1.76 bits per heavy atom. The van der Waals surface area contributed by atoms with Crippen LogP contribution in [-0.2, 0) is 39.9 Å². The second kappa shape index (κ2) is 10.4. The van der Waals surface area contributed by atoms with Crippen LogP contribution in [0.1, 0.15) is 59.7 Å². The van der Waals surface area contributed by atoms with Crippen LogP contribution in [0.2, 0.25) is 0 Å². The Kier molecular flexibility index (Phi) is 7.59. The van der Waals surface area contributed by atoms with Gasteiger partial charge in [-0.3, -0.25) is 9.69 Å². The summed E-state index contributed by atoms with van der Waals surface area (Å²) in [6.45, 7) is 13.2. The van der Waals surface area contributed by atoms with Crippen LogP contribution >= 0.6 is 0 Å². The average molecular weight is 536 g/mol. The lowest BCUT2D eigenvalue weighted by Crippen LogP contribution is -2.52. The summed E-state index contributed by atoms with van der Waals surface area (Å²) in [7, 11) is -4.16. The molecule has 0 aliphatic carbocycles. The Morgan fingerprint density at radius 1 is 1.08 bits per heavy atom. The van der Waals surface area contributed by atoms with E-state index in [1.54, 1.807) is 13.0 Å². The number of carbonyl (C=O) groups is 1. The molecule has 3 aromatic rings. The van der Waals surface area contributed by atoms with Crippen molar-refractivity contribution in [3.8, 4) is 5.75 Å². The Balaban J connectivity index is 1.77. The van der Waals surface area contributed by atoms with Crippen LogP contribution in [0.25, 0.3) is 0 Å². The molecule has 0 spiro atoms. The molecular formula is C30H37N3O4S. The third kappa shape index (κ3) is 4.90. The van der Waals surface area contributed by atoms with Gasteiger partial charge in [0.2, 0.25) is 0 Å². The number of anilines is 1. The lowest BCUT2D eigenvalue weighted by Gasteiger charge is -2.35. The summed E-state index contributed by atoms with van der Waals surface area (Å²) < 4.78 is 35.0. The molecule has 3 N–H and O–H groups in total. The van der Waals surface area contributed by atoms with E-state index in [0.717, 1.165) is 33.4 Å². The SMILES string of the molecule is CCOc1cccc2c1CN(Cc1c(C)cc(C)cc1C)C2(C)C(=O)NS(=O)(=O)c1ccc(CC)c(N)c1. The zero-order valence-electron chi connectivity index (χ0n) is 23.0. The number of benzene rings is 3. The quantitative estimate of drug-likeness (QED) is 0.398. The van der Waals surface area contributed by atoms with Gasteiger partial charge >= 0.3 is 0 Å². The van der Waals surface area contributed by atoms with E-state index >= 15 is 0 Å². The molecule has 0 fully saturated rings. The normalized spacial score (nSPS) is 17.3. The molecule has 7 nitrogen and oxygen atoms in total. The van der Waals surface area contributed by atoms with E-state index in [4.69, 9.17) is 10.5 Å². The molecule has 1 heterocycles. The van der Waals surface area contributed by atoms with Crippen molar-refractivity contribution in [3.05, 3.63) is 87.5 Å². The van der Waals surface area contributed by atoms with Crippen LogP contribution in [0.3, 0.4) is 0 Å². The van der Waals surface area contributed by atoms with Crippen molar-refractivity contribution in [2.24, 2.45) is 0 Å². The molecule has 0 saturated heterocycles. The van der Waals surface area contributed by atoms with Crippen LogP contribution in [0, 0.1) is 20.8 Å². The zero-order valence-corrected chi connectivity index (χ0v) is 23.8. The van der Waals surface area contributed by atoms with Gasteiger partial charge < -0.3 is 10.5 Å². The van der Waals surface area contributed by atoms with Crippen molar-refractivity contribution in [1.82, 2.24) is 9.62 Å². The molecule has 1 unspecified atom stereocenters. The number of ether oxygens (including phenoxy) is 1. The van der Waals surface area contributed by atoms with Gasteiger partial charge in [0, 0.05) is 24.3 Å². The van der Waals surface area contributed by atoms with Crippen molar-refractivity contribution in [3.63, 3.8) is 0 Å². The number of hydrogen-bond acceptors (Lipinski definition) is 6. The van der Waals surface area contributed by atoms with E-state index in [-0.39, 0.29) is 4.90 Å². The summed E-state index contributed by atoms with van der Waals surface area (Å²) in [5, 5.41) is 0. The van der Waals surface area contributed by atoms with Crippen molar-refractivity contribution in [2.45, 2.75) is 71.5 Å². The highest BCUT2D eigenvalue weighted by Gasteiger charge is 2.49. The number of nitrogen functional groups attached to an aromatic ring is 1. The minimum Gasteiger partial charge on any atom is -0.494 e. The van der Waals surface area contributed by atoms with E-state index in [9.17, 15) is 13.2 Å². The number of fused-ring (bicyclic) bond motifs is 1. The summed E-state index contributed by atoms with van der Waals surface area (Å²) in [4.78, 5) is 16.0. The highest BCUT2D eigenvalue weighted by Crippen LogP contribution is 2.44. The summed E-state index contributed by atoms with van der Waals surface area (Å²) in [5.74, 6) is 0.0834. The number of amides is 1. The Labute approximate surface area is 226 Å². The Morgan fingerprint density at radius 3 is 2.37 bits per heavy atom. The number of nitrogens with two attached hydrogens (primary N) is 1. The van der Waals surface area contributed by atoms with Gasteiger partial charge in [0.05, 0.1) is 11.5 Å². The van der Waals surface area contributed by atoms with Gasteiger partial charge in [-0.2, -0.15) is 0 Å². The fourth-order valence-corrected chi connectivity index (χ4v) is 6.56. The first kappa shape index (κ1) is 27.7. The number of rotatable bonds is 8. The van der Waals surface area contributed by atoms with Gasteiger partial charge in [-0.05, 0) is 87.1 Å². The molecular weight excluding hydrogens is 498 g/mol. The second-order valence-electron chi connectivity index (χ2n) is 10.2. The molecule has 0 saturated carbocycles. The molecule has 1 amide bonds. The molecule has 0 bridgehead atoms. The molecule has 1 atom stereocenters. The van der Waals surface area contributed by atoms with Crippen LogP contribution in [-0.4, -0.2) is 25.8 Å². The number of nitrogens with zero attached hydrogens (tertiary/aromatic N) is 1. The largest absolute Gasteiger partial charge is 0.494 e. The number of aryl methyl sites for hydroxylation is 4. The van der Waals surface area contributed by atoms with Crippen molar-refractivity contribution >= 4 is 21.6 Å². The van der Waals surface area contributed by atoms with Gasteiger partial charge in [-0.1, -0.05) is 42.8 Å².